The molecule has 4 heterocycles. The lowest BCUT2D eigenvalue weighted by Crippen LogP contribution is -2.30. The molecule has 0 aliphatic rings. The Labute approximate surface area is 634 Å². The molecule has 0 unspecified atom stereocenters. The number of para-hydroxylation sites is 4. The van der Waals surface area contributed by atoms with Crippen LogP contribution in [0, 0.1) is 6.92 Å². The molecule has 0 saturated heterocycles. The summed E-state index contributed by atoms with van der Waals surface area (Å²) in [5, 5.41) is 30.0. The molecule has 15 aromatic rings. The Kier molecular flexibility index (Phi) is 24.6. The molecule has 109 heavy (non-hydrogen) atoms. The number of aromatic nitrogens is 2. The average Bonchev–Trinajstić information content (AvgIpc) is 1.71. The third-order valence-corrected chi connectivity index (χ3v) is 19.8. The van der Waals surface area contributed by atoms with Gasteiger partial charge in [-0.2, -0.15) is 0 Å². The molecule has 0 saturated carbocycles. The van der Waals surface area contributed by atoms with E-state index >= 15 is 0 Å². The van der Waals surface area contributed by atoms with Crippen LogP contribution in [0.1, 0.15) is 101 Å². The van der Waals surface area contributed by atoms with Gasteiger partial charge < -0.3 is 43.2 Å². The molecule has 19 nitrogen and oxygen atoms in total. The maximum absolute atomic E-state index is 12.5. The first-order valence-corrected chi connectivity index (χ1v) is 39.6. The summed E-state index contributed by atoms with van der Waals surface area (Å²) in [7, 11) is -7.30. The Hall–Kier alpha value is -12.2. The van der Waals surface area contributed by atoms with Gasteiger partial charge in [0.1, 0.15) is 39.8 Å². The number of carbonyl (C=O) groups is 4. The molecular formula is C87H79ClN4O15S2. The van der Waals surface area contributed by atoms with Crippen molar-refractivity contribution in [1.82, 2.24) is 19.4 Å². The summed E-state index contributed by atoms with van der Waals surface area (Å²) < 4.78 is 78.7. The van der Waals surface area contributed by atoms with Crippen LogP contribution in [0.5, 0.6) is 17.2 Å². The van der Waals surface area contributed by atoms with Gasteiger partial charge in [-0.15, -0.1) is 0 Å². The molecule has 0 atom stereocenters. The van der Waals surface area contributed by atoms with Crippen molar-refractivity contribution in [2.75, 3.05) is 32.3 Å². The molecule has 0 radical (unpaired) electrons. The van der Waals surface area contributed by atoms with E-state index in [4.69, 9.17) is 34.6 Å². The largest absolute Gasteiger partial charge is 0.494 e. The number of nitrogens with one attached hydrogen (secondary N) is 4. The number of fused-ring (bicyclic) bond motifs is 7. The standard InChI is InChI=1S/C23H22N2O4S.C22H18O4.C22H18O3.C20H21ClN2O4S/c1-30(27,28)25-23(26)22-19(18-11-4-5-13-20(18)24-22)12-7-15-29-21-14-6-9-16-8-2-3-10-17(16)21;23-22(24)21-18(17-10-3-4-12-20(17)26-21)11-6-14-25-19-13-5-8-15-7-1-2-9-16(15)19;23-22(24)21-19(18-12-3-4-14-20(18)25-21)13-6-10-16-9-5-8-15-7-1-2-11-17(15)16;1-13-12-14(9-10-17(13)21)27-11-5-7-16-15-6-3-4-8-18(15)22-19(16)20(24)23-28(2,25)26/h2-6,8-11,13-14,24H,7,12,15H2,1H3,(H,25,26);1-5,7-10,12-13H,6,11,14H2,(H,23,24);1-5,7-9,11-12,14H,6,10,13H2,(H,23,24);3-4,6,8-10,12,22H,5,7,11H2,1-2H3,(H,23,24). The maximum atomic E-state index is 12.5. The zero-order valence-corrected chi connectivity index (χ0v) is 62.4. The summed E-state index contributed by atoms with van der Waals surface area (Å²) >= 11 is 6.02. The Morgan fingerprint density at radius 2 is 0.771 bits per heavy atom. The smallest absolute Gasteiger partial charge is 0.372 e. The number of aryl methyl sites for hydroxylation is 6. The van der Waals surface area contributed by atoms with Crippen LogP contribution in [0.4, 0.5) is 0 Å². The molecular weight excluding hydrogens is 1440 g/mol. The van der Waals surface area contributed by atoms with Crippen molar-refractivity contribution < 1.29 is 69.3 Å². The number of H-pyrrole nitrogens is 2. The van der Waals surface area contributed by atoms with Gasteiger partial charge in [0.05, 0.1) is 32.3 Å². The number of rotatable bonds is 25. The summed E-state index contributed by atoms with van der Waals surface area (Å²) in [4.78, 5) is 54.0. The highest BCUT2D eigenvalue weighted by Gasteiger charge is 2.24. The maximum Gasteiger partial charge on any atom is 0.372 e. The Balaban J connectivity index is 0.000000136. The fourth-order valence-electron chi connectivity index (χ4n) is 13.4. The fourth-order valence-corrected chi connectivity index (χ4v) is 14.4. The average molecular weight is 1520 g/mol. The van der Waals surface area contributed by atoms with Crippen LogP contribution in [0.25, 0.3) is 76.1 Å². The topological polar surface area (TPSA) is 287 Å². The Morgan fingerprint density at radius 1 is 0.404 bits per heavy atom. The normalized spacial score (nSPS) is 11.4. The predicted octanol–water partition coefficient (Wildman–Crippen LogP) is 18.6. The SMILES string of the molecule is CS(=O)(=O)NC(=O)c1[nH]c2ccccc2c1CCCOc1cccc2ccccc12.Cc1cc(OCCCc2c(C(=O)NS(C)(=O)=O)[nH]c3ccccc23)ccc1Cl.O=C(O)c1oc2ccccc2c1CCCOc1cccc2ccccc12.O=C(O)c1oc2ccccc2c1CCCc1cccc2ccccc12. The number of hydrogen-bond acceptors (Lipinski definition) is 13. The van der Waals surface area contributed by atoms with Crippen molar-refractivity contribution in [3.8, 4) is 17.2 Å². The van der Waals surface area contributed by atoms with Gasteiger partial charge in [0.25, 0.3) is 11.8 Å². The summed E-state index contributed by atoms with van der Waals surface area (Å²) in [5.41, 5.74) is 8.67. The zero-order chi connectivity index (χ0) is 76.6. The lowest BCUT2D eigenvalue weighted by molar-refractivity contribution is 0.0653. The summed E-state index contributed by atoms with van der Waals surface area (Å²) in [6, 6.07) is 78.2. The van der Waals surface area contributed by atoms with E-state index in [1.807, 2.05) is 198 Å². The zero-order valence-electron chi connectivity index (χ0n) is 60.0. The second-order valence-electron chi connectivity index (χ2n) is 26.1. The van der Waals surface area contributed by atoms with Gasteiger partial charge >= 0.3 is 11.9 Å². The van der Waals surface area contributed by atoms with Crippen LogP contribution in [0.15, 0.2) is 251 Å². The number of furan rings is 2. The Morgan fingerprint density at radius 3 is 1.22 bits per heavy atom. The number of benzene rings is 11. The monoisotopic (exact) mass is 1520 g/mol. The predicted molar refractivity (Wildman–Crippen MR) is 429 cm³/mol. The van der Waals surface area contributed by atoms with E-state index < -0.39 is 43.8 Å². The minimum absolute atomic E-state index is 0.0244. The summed E-state index contributed by atoms with van der Waals surface area (Å²) in [6.07, 6.45) is 8.12. The minimum Gasteiger partial charge on any atom is -0.494 e. The molecule has 15 rings (SSSR count). The number of halogens is 1. The molecule has 22 heteroatoms. The van der Waals surface area contributed by atoms with E-state index in [2.05, 4.69) is 58.5 Å². The van der Waals surface area contributed by atoms with Crippen LogP contribution in [-0.2, 0) is 52.2 Å². The second-order valence-corrected chi connectivity index (χ2v) is 30.0. The number of carbonyl (C=O) groups excluding carboxylic acids is 2. The van der Waals surface area contributed by atoms with E-state index in [-0.39, 0.29) is 22.9 Å². The van der Waals surface area contributed by atoms with Crippen LogP contribution in [0.2, 0.25) is 5.02 Å². The van der Waals surface area contributed by atoms with Gasteiger partial charge in [0.15, 0.2) is 0 Å². The van der Waals surface area contributed by atoms with E-state index in [9.17, 15) is 46.2 Å². The first-order valence-electron chi connectivity index (χ1n) is 35.4. The van der Waals surface area contributed by atoms with Gasteiger partial charge in [-0.05, 0) is 163 Å². The van der Waals surface area contributed by atoms with Gasteiger partial charge in [-0.3, -0.25) is 9.59 Å². The molecule has 0 bridgehead atoms. The van der Waals surface area contributed by atoms with Gasteiger partial charge in [-0.1, -0.05) is 200 Å². The van der Waals surface area contributed by atoms with E-state index in [0.29, 0.717) is 81.0 Å². The molecule has 0 aliphatic heterocycles. The number of aromatic carboxylic acids is 2. The van der Waals surface area contributed by atoms with Gasteiger partial charge in [0.2, 0.25) is 31.6 Å². The molecule has 2 amide bonds. The molecule has 0 aliphatic carbocycles. The molecule has 556 valence electrons. The highest BCUT2D eigenvalue weighted by Crippen LogP contribution is 2.33. The van der Waals surface area contributed by atoms with Gasteiger partial charge in [-0.25, -0.2) is 35.9 Å². The van der Waals surface area contributed by atoms with E-state index in [1.54, 1.807) is 12.1 Å². The lowest BCUT2D eigenvalue weighted by Gasteiger charge is -2.10. The van der Waals surface area contributed by atoms with Crippen LogP contribution in [-0.4, -0.2) is 93.1 Å². The van der Waals surface area contributed by atoms with Crippen molar-refractivity contribution in [3.05, 3.63) is 304 Å². The van der Waals surface area contributed by atoms with Crippen LogP contribution >= 0.6 is 11.6 Å². The summed E-state index contributed by atoms with van der Waals surface area (Å²) in [5.74, 6) is -0.865. The number of aromatic amines is 2. The number of carboxylic acid groups (broad SMARTS) is 2. The highest BCUT2D eigenvalue weighted by atomic mass is 35.5. The number of amides is 2. The molecule has 0 fully saturated rings. The van der Waals surface area contributed by atoms with Crippen LogP contribution in [0.3, 0.4) is 0 Å². The second kappa shape index (κ2) is 35.0. The fraction of sp³-hybridized carbons (Fsp3) is 0.172. The van der Waals surface area contributed by atoms with Gasteiger partial charge in [0, 0.05) is 59.5 Å². The quantitative estimate of drug-likeness (QED) is 0.0290. The van der Waals surface area contributed by atoms with E-state index in [1.165, 1.54) is 16.3 Å². The third-order valence-electron chi connectivity index (χ3n) is 18.3. The summed E-state index contributed by atoms with van der Waals surface area (Å²) in [6.45, 7) is 3.34. The minimum atomic E-state index is -3.65. The number of carboxylic acids is 2. The van der Waals surface area contributed by atoms with Crippen LogP contribution < -0.4 is 23.7 Å². The van der Waals surface area contributed by atoms with E-state index in [0.717, 1.165) is 125 Å². The lowest BCUT2D eigenvalue weighted by atomic mass is 9.97. The number of hydrogen-bond donors (Lipinski definition) is 6. The van der Waals surface area contributed by atoms with Crippen molar-refractivity contribution in [2.24, 2.45) is 0 Å². The Bertz CT molecular complexity index is 6040. The molecule has 0 spiro atoms. The number of ether oxygens (including phenoxy) is 3. The molecule has 4 aromatic heterocycles. The van der Waals surface area contributed by atoms with Crippen molar-refractivity contribution in [1.29, 1.82) is 0 Å². The first kappa shape index (κ1) is 76.5. The molecule has 6 N–H and O–H groups in total. The van der Waals surface area contributed by atoms with Crippen molar-refractivity contribution in [3.63, 3.8) is 0 Å². The first-order chi connectivity index (χ1) is 52.6. The van der Waals surface area contributed by atoms with Crippen molar-refractivity contribution in [2.45, 2.75) is 64.7 Å². The number of sulfonamides is 2. The third kappa shape index (κ3) is 19.3. The van der Waals surface area contributed by atoms with Crippen molar-refractivity contribution >= 4 is 131 Å². The highest BCUT2D eigenvalue weighted by molar-refractivity contribution is 7.89. The molecule has 11 aromatic carbocycles.